The van der Waals surface area contributed by atoms with Crippen molar-refractivity contribution in [3.63, 3.8) is 0 Å². The number of carbonyl (C=O) groups is 1. The zero-order chi connectivity index (χ0) is 20.6. The molecule has 0 radical (unpaired) electrons. The number of aliphatic hydroxyl groups is 1. The number of rotatable bonds is 9. The highest BCUT2D eigenvalue weighted by Gasteiger charge is 2.28. The summed E-state index contributed by atoms with van der Waals surface area (Å²) in [6.07, 6.45) is 0.694. The Labute approximate surface area is 169 Å². The highest BCUT2D eigenvalue weighted by molar-refractivity contribution is 5.94. The number of methoxy groups -OCH3 is 1. The van der Waals surface area contributed by atoms with Crippen LogP contribution >= 0.6 is 0 Å². The van der Waals surface area contributed by atoms with E-state index in [9.17, 15) is 14.3 Å². The first kappa shape index (κ1) is 21.4. The average Bonchev–Trinajstić information content (AvgIpc) is 3.21. The van der Waals surface area contributed by atoms with Crippen molar-refractivity contribution < 1.29 is 28.2 Å². The van der Waals surface area contributed by atoms with Gasteiger partial charge >= 0.3 is 0 Å². The number of halogens is 1. The molecule has 2 atom stereocenters. The van der Waals surface area contributed by atoms with Crippen LogP contribution in [0.2, 0.25) is 0 Å². The number of amides is 1. The van der Waals surface area contributed by atoms with Crippen molar-refractivity contribution in [2.75, 3.05) is 46.5 Å². The number of β-amino-alcohol motifs (C(OH)–C–C–N with tert-alkyl or cyclic N) is 1. The molecule has 29 heavy (non-hydrogen) atoms. The maximum Gasteiger partial charge on any atom is 0.257 e. The minimum atomic E-state index is -0.585. The number of benzene rings is 1. The Morgan fingerprint density at radius 1 is 1.38 bits per heavy atom. The molecule has 1 saturated heterocycles. The summed E-state index contributed by atoms with van der Waals surface area (Å²) < 4.78 is 30.4. The number of furan rings is 1. The van der Waals surface area contributed by atoms with Gasteiger partial charge in [0.1, 0.15) is 11.6 Å². The smallest absolute Gasteiger partial charge is 0.257 e. The number of nitrogens with zero attached hydrogens (tertiary/aromatic N) is 2. The third-order valence-corrected chi connectivity index (χ3v) is 4.79. The first-order valence-electron chi connectivity index (χ1n) is 9.64. The van der Waals surface area contributed by atoms with Crippen molar-refractivity contribution in [3.05, 3.63) is 59.8 Å². The maximum absolute atomic E-state index is 14.2. The Balaban J connectivity index is 1.69. The molecule has 1 aromatic carbocycles. The first-order valence-corrected chi connectivity index (χ1v) is 9.64. The van der Waals surface area contributed by atoms with Gasteiger partial charge in [0.25, 0.3) is 5.91 Å². The lowest BCUT2D eigenvalue weighted by Crippen LogP contribution is -2.50. The molecule has 1 fully saturated rings. The summed E-state index contributed by atoms with van der Waals surface area (Å²) in [7, 11) is 1.55. The SMILES string of the molecule is COCC(O)CN1CCOC(CN(Cc2ccco2)C(=O)c2ccccc2F)C1. The Hall–Kier alpha value is -2.26. The predicted octanol–water partition coefficient (Wildman–Crippen LogP) is 1.77. The van der Waals surface area contributed by atoms with Crippen LogP contribution in [0.25, 0.3) is 0 Å². The van der Waals surface area contributed by atoms with Crippen molar-refractivity contribution in [2.45, 2.75) is 18.8 Å². The molecule has 7 nitrogen and oxygen atoms in total. The standard InChI is InChI=1S/C21H27FN2O5/c1-27-15-16(25)11-23-8-10-29-18(12-23)14-24(13-17-5-4-9-28-17)21(26)19-6-2-3-7-20(19)22/h2-7,9,16,18,25H,8,10-15H2,1H3. The van der Waals surface area contributed by atoms with Gasteiger partial charge in [-0.15, -0.1) is 0 Å². The van der Waals surface area contributed by atoms with Crippen LogP contribution in [0.15, 0.2) is 47.1 Å². The fourth-order valence-electron chi connectivity index (χ4n) is 3.46. The van der Waals surface area contributed by atoms with E-state index in [0.717, 1.165) is 0 Å². The number of morpholine rings is 1. The van der Waals surface area contributed by atoms with E-state index in [4.69, 9.17) is 13.9 Å². The fourth-order valence-corrected chi connectivity index (χ4v) is 3.46. The van der Waals surface area contributed by atoms with Gasteiger partial charge in [0.2, 0.25) is 0 Å². The van der Waals surface area contributed by atoms with E-state index in [2.05, 4.69) is 4.90 Å². The normalized spacial score (nSPS) is 18.5. The van der Waals surface area contributed by atoms with E-state index in [1.165, 1.54) is 23.3 Å². The van der Waals surface area contributed by atoms with Gasteiger partial charge in [0, 0.05) is 33.3 Å². The van der Waals surface area contributed by atoms with Gasteiger partial charge in [-0.2, -0.15) is 0 Å². The van der Waals surface area contributed by atoms with Crippen molar-refractivity contribution >= 4 is 5.91 Å². The highest BCUT2D eigenvalue weighted by atomic mass is 19.1. The molecule has 0 saturated carbocycles. The molecule has 0 bridgehead atoms. The summed E-state index contributed by atoms with van der Waals surface area (Å²) in [6, 6.07) is 9.46. The molecule has 0 aliphatic carbocycles. The van der Waals surface area contributed by atoms with Gasteiger partial charge in [0.05, 0.1) is 43.8 Å². The van der Waals surface area contributed by atoms with Crippen molar-refractivity contribution in [2.24, 2.45) is 0 Å². The van der Waals surface area contributed by atoms with Gasteiger partial charge in [-0.25, -0.2) is 4.39 Å². The summed E-state index contributed by atoms with van der Waals surface area (Å²) in [6.45, 7) is 2.96. The number of aliphatic hydroxyl groups excluding tert-OH is 1. The molecule has 1 aliphatic heterocycles. The van der Waals surface area contributed by atoms with Crippen LogP contribution in [0.1, 0.15) is 16.1 Å². The van der Waals surface area contributed by atoms with E-state index in [1.54, 1.807) is 31.4 Å². The molecule has 0 spiro atoms. The first-order chi connectivity index (χ1) is 14.1. The Morgan fingerprint density at radius 2 is 2.21 bits per heavy atom. The van der Waals surface area contributed by atoms with Gasteiger partial charge in [-0.1, -0.05) is 12.1 Å². The summed E-state index contributed by atoms with van der Waals surface area (Å²) >= 11 is 0. The monoisotopic (exact) mass is 406 g/mol. The van der Waals surface area contributed by atoms with Crippen LogP contribution < -0.4 is 0 Å². The topological polar surface area (TPSA) is 75.4 Å². The number of hydrogen-bond donors (Lipinski definition) is 1. The van der Waals surface area contributed by atoms with Gasteiger partial charge in [0.15, 0.2) is 0 Å². The van der Waals surface area contributed by atoms with E-state index in [0.29, 0.717) is 32.0 Å². The molecule has 1 aromatic heterocycles. The van der Waals surface area contributed by atoms with E-state index >= 15 is 0 Å². The summed E-state index contributed by atoms with van der Waals surface area (Å²) in [5.41, 5.74) is 0.0160. The van der Waals surface area contributed by atoms with E-state index < -0.39 is 17.8 Å². The Bertz CT molecular complexity index is 770. The van der Waals surface area contributed by atoms with Gasteiger partial charge < -0.3 is 23.9 Å². The van der Waals surface area contributed by atoms with Crippen LogP contribution in [0.3, 0.4) is 0 Å². The molecule has 1 aliphatic rings. The summed E-state index contributed by atoms with van der Waals surface area (Å²) in [5, 5.41) is 9.98. The van der Waals surface area contributed by atoms with Crippen LogP contribution in [0.4, 0.5) is 4.39 Å². The zero-order valence-corrected chi connectivity index (χ0v) is 16.5. The minimum absolute atomic E-state index is 0.0160. The predicted molar refractivity (Wildman–Crippen MR) is 104 cm³/mol. The molecule has 158 valence electrons. The van der Waals surface area contributed by atoms with Crippen LogP contribution in [-0.4, -0.2) is 79.5 Å². The second kappa shape index (κ2) is 10.5. The van der Waals surface area contributed by atoms with Gasteiger partial charge in [-0.05, 0) is 24.3 Å². The molecule has 2 aromatic rings. The van der Waals surface area contributed by atoms with E-state index in [-0.39, 0.29) is 31.4 Å². The Kier molecular flexibility index (Phi) is 7.76. The molecule has 3 rings (SSSR count). The minimum Gasteiger partial charge on any atom is -0.467 e. The average molecular weight is 406 g/mol. The maximum atomic E-state index is 14.2. The molecule has 2 heterocycles. The molecule has 2 unspecified atom stereocenters. The van der Waals surface area contributed by atoms with E-state index in [1.807, 2.05) is 0 Å². The second-order valence-electron chi connectivity index (χ2n) is 7.11. The quantitative estimate of drug-likeness (QED) is 0.684. The number of hydrogen-bond acceptors (Lipinski definition) is 6. The molecule has 1 N–H and O–H groups in total. The zero-order valence-electron chi connectivity index (χ0n) is 16.5. The highest BCUT2D eigenvalue weighted by Crippen LogP contribution is 2.16. The largest absolute Gasteiger partial charge is 0.467 e. The number of ether oxygens (including phenoxy) is 2. The van der Waals surface area contributed by atoms with Gasteiger partial charge in [-0.3, -0.25) is 9.69 Å². The van der Waals surface area contributed by atoms with Crippen molar-refractivity contribution in [3.8, 4) is 0 Å². The lowest BCUT2D eigenvalue weighted by molar-refractivity contribution is -0.0573. The van der Waals surface area contributed by atoms with Crippen molar-refractivity contribution in [1.82, 2.24) is 9.80 Å². The van der Waals surface area contributed by atoms with Crippen LogP contribution in [0, 0.1) is 5.82 Å². The fraction of sp³-hybridized carbons (Fsp3) is 0.476. The summed E-state index contributed by atoms with van der Waals surface area (Å²) in [4.78, 5) is 16.6. The van der Waals surface area contributed by atoms with Crippen molar-refractivity contribution in [1.29, 1.82) is 0 Å². The second-order valence-corrected chi connectivity index (χ2v) is 7.11. The third kappa shape index (κ3) is 6.11. The molecule has 8 heteroatoms. The third-order valence-electron chi connectivity index (χ3n) is 4.79. The molecular formula is C21H27FN2O5. The Morgan fingerprint density at radius 3 is 2.93 bits per heavy atom. The van der Waals surface area contributed by atoms with Crippen LogP contribution in [0.5, 0.6) is 0 Å². The lowest BCUT2D eigenvalue weighted by atomic mass is 10.1. The number of carbonyl (C=O) groups excluding carboxylic acids is 1. The van der Waals surface area contributed by atoms with Crippen LogP contribution in [-0.2, 0) is 16.0 Å². The molecular weight excluding hydrogens is 379 g/mol. The molecule has 1 amide bonds. The summed E-state index contributed by atoms with van der Waals surface area (Å²) in [5.74, 6) is -0.367. The lowest BCUT2D eigenvalue weighted by Gasteiger charge is -2.36.